The van der Waals surface area contributed by atoms with Crippen LogP contribution < -0.4 is 14.8 Å². The first kappa shape index (κ1) is 24.0. The molecular formula is C26H26FN5O4S. The standard InChI is InChI=1S/C26H26FN5O4S/c1-14-7-16(23-19(8-14)30-22(34-2)12-29-23)26-31-20-10-18(27)24-17(25(20)37-26)9-15(36-24)11-28-21(33)13-32-3-5-35-6-4-32/h7-8,10,12,15H,3-6,9,11,13H2,1-2H3,(H,28,33)/t15-/m0/s1. The van der Waals surface area contributed by atoms with Crippen molar-refractivity contribution in [1.29, 1.82) is 0 Å². The molecule has 2 aliphatic rings. The molecule has 1 fully saturated rings. The van der Waals surface area contributed by atoms with E-state index < -0.39 is 5.82 Å². The van der Waals surface area contributed by atoms with Crippen molar-refractivity contribution in [3.63, 3.8) is 0 Å². The van der Waals surface area contributed by atoms with E-state index in [1.165, 1.54) is 17.4 Å². The third-order valence-corrected chi connectivity index (χ3v) is 7.77. The van der Waals surface area contributed by atoms with Gasteiger partial charge in [0.1, 0.15) is 11.1 Å². The van der Waals surface area contributed by atoms with Crippen molar-refractivity contribution in [3.05, 3.63) is 41.3 Å². The first-order chi connectivity index (χ1) is 18.0. The van der Waals surface area contributed by atoms with E-state index in [4.69, 9.17) is 19.2 Å². The Morgan fingerprint density at radius 3 is 2.89 bits per heavy atom. The summed E-state index contributed by atoms with van der Waals surface area (Å²) in [6.07, 6.45) is 1.74. The quantitative estimate of drug-likeness (QED) is 0.412. The molecule has 0 radical (unpaired) electrons. The lowest BCUT2D eigenvalue weighted by Gasteiger charge is -2.26. The zero-order valence-corrected chi connectivity index (χ0v) is 21.4. The van der Waals surface area contributed by atoms with Crippen molar-refractivity contribution in [2.75, 3.05) is 46.5 Å². The van der Waals surface area contributed by atoms with Crippen molar-refractivity contribution >= 4 is 38.5 Å². The number of methoxy groups -OCH3 is 1. The van der Waals surface area contributed by atoms with E-state index in [1.807, 2.05) is 19.1 Å². The van der Waals surface area contributed by atoms with Gasteiger partial charge < -0.3 is 19.5 Å². The lowest BCUT2D eigenvalue weighted by molar-refractivity contribution is -0.123. The zero-order chi connectivity index (χ0) is 25.5. The Kier molecular flexibility index (Phi) is 6.35. The number of ether oxygens (including phenoxy) is 3. The number of hydrogen-bond acceptors (Lipinski definition) is 9. The number of fused-ring (bicyclic) bond motifs is 4. The smallest absolute Gasteiger partial charge is 0.234 e. The summed E-state index contributed by atoms with van der Waals surface area (Å²) in [5.74, 6) is 0.165. The topological polar surface area (TPSA) is 98.7 Å². The Hall–Kier alpha value is -3.41. The van der Waals surface area contributed by atoms with Crippen molar-refractivity contribution < 1.29 is 23.4 Å². The molecule has 1 N–H and O–H groups in total. The maximum Gasteiger partial charge on any atom is 0.234 e. The molecule has 2 aromatic carbocycles. The molecule has 4 heterocycles. The molecule has 6 rings (SSSR count). The molecule has 37 heavy (non-hydrogen) atoms. The number of benzene rings is 2. The van der Waals surface area contributed by atoms with Crippen LogP contribution in [0.5, 0.6) is 11.6 Å². The number of aryl methyl sites for hydroxylation is 1. The summed E-state index contributed by atoms with van der Waals surface area (Å²) >= 11 is 1.48. The molecular weight excluding hydrogens is 497 g/mol. The number of amides is 1. The van der Waals surface area contributed by atoms with Crippen molar-refractivity contribution in [2.24, 2.45) is 0 Å². The number of nitrogens with one attached hydrogen (secondary N) is 1. The number of nitrogens with zero attached hydrogens (tertiary/aromatic N) is 4. The Bertz CT molecular complexity index is 1500. The molecule has 0 bridgehead atoms. The summed E-state index contributed by atoms with van der Waals surface area (Å²) in [6.45, 7) is 5.37. The fourth-order valence-corrected chi connectivity index (χ4v) is 5.92. The van der Waals surface area contributed by atoms with E-state index in [-0.39, 0.29) is 17.8 Å². The highest BCUT2D eigenvalue weighted by Crippen LogP contribution is 2.43. The number of thiazole rings is 1. The minimum atomic E-state index is -0.444. The molecule has 0 saturated carbocycles. The summed E-state index contributed by atoms with van der Waals surface area (Å²) in [5, 5.41) is 3.67. The van der Waals surface area contributed by atoms with Crippen LogP contribution in [0.1, 0.15) is 11.1 Å². The molecule has 1 amide bonds. The molecule has 9 nitrogen and oxygen atoms in total. The molecule has 192 valence electrons. The molecule has 0 spiro atoms. The van der Waals surface area contributed by atoms with Crippen molar-refractivity contribution in [3.8, 4) is 22.2 Å². The van der Waals surface area contributed by atoms with Crippen LogP contribution >= 0.6 is 11.3 Å². The Labute approximate surface area is 216 Å². The van der Waals surface area contributed by atoms with Gasteiger partial charge in [-0.3, -0.25) is 9.69 Å². The number of carbonyl (C=O) groups is 1. The van der Waals surface area contributed by atoms with Crippen LogP contribution in [0.4, 0.5) is 4.39 Å². The van der Waals surface area contributed by atoms with E-state index >= 15 is 4.39 Å². The van der Waals surface area contributed by atoms with Gasteiger partial charge in [0.05, 0.1) is 60.9 Å². The predicted molar refractivity (Wildman–Crippen MR) is 138 cm³/mol. The Balaban J connectivity index is 1.25. The normalized spacial score (nSPS) is 17.6. The second-order valence-corrected chi connectivity index (χ2v) is 10.3. The second-order valence-electron chi connectivity index (χ2n) is 9.26. The Morgan fingerprint density at radius 1 is 1.24 bits per heavy atom. The lowest BCUT2D eigenvalue weighted by atomic mass is 10.1. The van der Waals surface area contributed by atoms with Crippen LogP contribution in [0.25, 0.3) is 31.8 Å². The largest absolute Gasteiger partial charge is 0.485 e. The van der Waals surface area contributed by atoms with Gasteiger partial charge in [0, 0.05) is 36.7 Å². The number of halogens is 1. The summed E-state index contributed by atoms with van der Waals surface area (Å²) in [4.78, 5) is 28.3. The number of rotatable bonds is 6. The van der Waals surface area contributed by atoms with Crippen LogP contribution in [-0.2, 0) is 16.0 Å². The third-order valence-electron chi connectivity index (χ3n) is 6.60. The molecule has 2 aliphatic heterocycles. The number of carbonyl (C=O) groups excluding carboxylic acids is 1. The van der Waals surface area contributed by atoms with Gasteiger partial charge in [0.25, 0.3) is 0 Å². The van der Waals surface area contributed by atoms with Gasteiger partial charge in [-0.25, -0.2) is 19.3 Å². The molecule has 0 aliphatic carbocycles. The fourth-order valence-electron chi connectivity index (χ4n) is 4.81. The van der Waals surface area contributed by atoms with Gasteiger partial charge in [0.15, 0.2) is 11.6 Å². The van der Waals surface area contributed by atoms with E-state index in [9.17, 15) is 4.79 Å². The van der Waals surface area contributed by atoms with E-state index in [2.05, 4.69) is 20.2 Å². The van der Waals surface area contributed by atoms with E-state index in [0.717, 1.165) is 39.5 Å². The summed E-state index contributed by atoms with van der Waals surface area (Å²) in [5.41, 5.74) is 4.63. The number of morpholine rings is 1. The third kappa shape index (κ3) is 4.70. The van der Waals surface area contributed by atoms with Gasteiger partial charge in [0.2, 0.25) is 11.8 Å². The molecule has 11 heteroatoms. The molecule has 2 aromatic heterocycles. The Morgan fingerprint density at radius 2 is 2.08 bits per heavy atom. The highest BCUT2D eigenvalue weighted by atomic mass is 32.1. The second kappa shape index (κ2) is 9.81. The van der Waals surface area contributed by atoms with Gasteiger partial charge >= 0.3 is 0 Å². The summed E-state index contributed by atoms with van der Waals surface area (Å²) < 4.78 is 32.4. The number of aromatic nitrogens is 3. The van der Waals surface area contributed by atoms with Gasteiger partial charge in [-0.1, -0.05) is 0 Å². The van der Waals surface area contributed by atoms with Gasteiger partial charge in [-0.2, -0.15) is 0 Å². The minimum Gasteiger partial charge on any atom is -0.485 e. The molecule has 0 unspecified atom stereocenters. The van der Waals surface area contributed by atoms with Crippen molar-refractivity contribution in [2.45, 2.75) is 19.4 Å². The highest BCUT2D eigenvalue weighted by Gasteiger charge is 2.30. The number of hydrogen-bond donors (Lipinski definition) is 1. The maximum absolute atomic E-state index is 15.0. The first-order valence-corrected chi connectivity index (χ1v) is 13.0. The molecule has 1 atom stereocenters. The van der Waals surface area contributed by atoms with Crippen LogP contribution in [0, 0.1) is 12.7 Å². The van der Waals surface area contributed by atoms with Crippen LogP contribution in [0.3, 0.4) is 0 Å². The average Bonchev–Trinajstić information content (AvgIpc) is 3.52. The maximum atomic E-state index is 15.0. The SMILES string of the molecule is COc1cnc2c(-c3nc4cc(F)c5c(c4s3)C[C@@H](CNC(=O)CN3CCOCC3)O5)cc(C)cc2n1. The van der Waals surface area contributed by atoms with Crippen molar-refractivity contribution in [1.82, 2.24) is 25.2 Å². The minimum absolute atomic E-state index is 0.0729. The average molecular weight is 524 g/mol. The van der Waals surface area contributed by atoms with Crippen LogP contribution in [0.15, 0.2) is 24.4 Å². The molecule has 4 aromatic rings. The summed E-state index contributed by atoms with van der Waals surface area (Å²) in [7, 11) is 1.56. The zero-order valence-electron chi connectivity index (χ0n) is 20.5. The first-order valence-electron chi connectivity index (χ1n) is 12.2. The fraction of sp³-hybridized carbons (Fsp3) is 0.385. The van der Waals surface area contributed by atoms with E-state index in [1.54, 1.807) is 13.3 Å². The summed E-state index contributed by atoms with van der Waals surface area (Å²) in [6, 6.07) is 5.38. The highest BCUT2D eigenvalue weighted by molar-refractivity contribution is 7.22. The monoisotopic (exact) mass is 523 g/mol. The van der Waals surface area contributed by atoms with Crippen LogP contribution in [-0.4, -0.2) is 78.4 Å². The van der Waals surface area contributed by atoms with E-state index in [0.29, 0.717) is 55.2 Å². The van der Waals surface area contributed by atoms with Crippen LogP contribution in [0.2, 0.25) is 0 Å². The van der Waals surface area contributed by atoms with Gasteiger partial charge in [-0.05, 0) is 24.6 Å². The van der Waals surface area contributed by atoms with Gasteiger partial charge in [-0.15, -0.1) is 11.3 Å². The predicted octanol–water partition coefficient (Wildman–Crippen LogP) is 3.11. The molecule has 1 saturated heterocycles. The lowest BCUT2D eigenvalue weighted by Crippen LogP contribution is -2.45.